The molecule has 1 atom stereocenters. The fraction of sp³-hybridized carbons (Fsp3) is 0.531. The molecule has 1 saturated heterocycles. The second-order valence-electron chi connectivity index (χ2n) is 12.2. The van der Waals surface area contributed by atoms with Gasteiger partial charge in [-0.3, -0.25) is 14.5 Å². The minimum absolute atomic E-state index is 0.0458. The molecule has 3 aliphatic heterocycles. The molecule has 8 heteroatoms. The summed E-state index contributed by atoms with van der Waals surface area (Å²) < 4.78 is 13.8. The predicted octanol–water partition coefficient (Wildman–Crippen LogP) is 6.10. The smallest absolute Gasteiger partial charge is 0.309 e. The van der Waals surface area contributed by atoms with Crippen LogP contribution in [0.2, 0.25) is 5.02 Å². The SMILES string of the molecule is CC[C@@]1(OC(C)C)CC(=O)OCc2c1cc1n(c2=O)Cc2c-1nc1cc(Cl)c(C)cc1c2CN1CCC(C)CC1. The number of carbonyl (C=O) groups excluding carboxylic acids is 1. The van der Waals surface area contributed by atoms with Crippen LogP contribution in [0.3, 0.4) is 0 Å². The Morgan fingerprint density at radius 3 is 2.62 bits per heavy atom. The number of fused-ring (bicyclic) bond motifs is 5. The number of rotatable bonds is 5. The number of cyclic esters (lactones) is 1. The highest BCUT2D eigenvalue weighted by Crippen LogP contribution is 2.43. The van der Waals surface area contributed by atoms with Gasteiger partial charge >= 0.3 is 5.97 Å². The van der Waals surface area contributed by atoms with Crippen molar-refractivity contribution in [2.75, 3.05) is 13.1 Å². The van der Waals surface area contributed by atoms with Gasteiger partial charge < -0.3 is 14.0 Å². The summed E-state index contributed by atoms with van der Waals surface area (Å²) in [4.78, 5) is 34.5. The summed E-state index contributed by atoms with van der Waals surface area (Å²) in [6.45, 7) is 13.6. The molecule has 40 heavy (non-hydrogen) atoms. The predicted molar refractivity (Wildman–Crippen MR) is 157 cm³/mol. The lowest BCUT2D eigenvalue weighted by Crippen LogP contribution is -2.37. The van der Waals surface area contributed by atoms with E-state index in [4.69, 9.17) is 26.1 Å². The summed E-state index contributed by atoms with van der Waals surface area (Å²) in [7, 11) is 0. The number of likely N-dealkylation sites (tertiary alicyclic amines) is 1. The Balaban J connectivity index is 1.57. The van der Waals surface area contributed by atoms with Crippen LogP contribution in [-0.4, -0.2) is 39.6 Å². The van der Waals surface area contributed by atoms with E-state index in [9.17, 15) is 9.59 Å². The van der Waals surface area contributed by atoms with Crippen LogP contribution in [0.15, 0.2) is 23.0 Å². The number of pyridine rings is 2. The molecule has 6 rings (SSSR count). The standard InChI is InChI=1S/C32H38ClN3O4/c1-6-32(40-18(2)3)14-29(37)39-17-24-25(32)12-28-30-23(16-36(28)31(24)38)22(15-35-9-7-19(4)8-10-35)21-11-20(5)26(33)13-27(21)34-30/h11-13,18-19H,6-10,14-17H2,1-5H3/t32-/m1/s1. The third-order valence-corrected chi connectivity index (χ3v) is 9.44. The summed E-state index contributed by atoms with van der Waals surface area (Å²) in [6.07, 6.45) is 2.87. The molecule has 2 aromatic heterocycles. The Morgan fingerprint density at radius 1 is 1.18 bits per heavy atom. The molecule has 0 N–H and O–H groups in total. The number of aromatic nitrogens is 2. The maximum atomic E-state index is 14.1. The van der Waals surface area contributed by atoms with Gasteiger partial charge in [0, 0.05) is 22.5 Å². The number of aryl methyl sites for hydroxylation is 1. The zero-order chi connectivity index (χ0) is 28.3. The molecule has 3 aliphatic rings. The molecule has 3 aromatic rings. The Hall–Kier alpha value is -2.74. The first kappa shape index (κ1) is 27.4. The van der Waals surface area contributed by atoms with E-state index in [0.717, 1.165) is 64.5 Å². The van der Waals surface area contributed by atoms with E-state index < -0.39 is 5.60 Å². The van der Waals surface area contributed by atoms with E-state index >= 15 is 0 Å². The summed E-state index contributed by atoms with van der Waals surface area (Å²) in [5.41, 5.74) is 5.93. The molecule has 0 amide bonds. The highest BCUT2D eigenvalue weighted by atomic mass is 35.5. The molecular weight excluding hydrogens is 526 g/mol. The number of hydrogen-bond donors (Lipinski definition) is 0. The monoisotopic (exact) mass is 563 g/mol. The van der Waals surface area contributed by atoms with E-state index in [1.54, 1.807) is 4.57 Å². The summed E-state index contributed by atoms with van der Waals surface area (Å²) >= 11 is 6.59. The highest BCUT2D eigenvalue weighted by Gasteiger charge is 2.43. The number of piperidine rings is 1. The lowest BCUT2D eigenvalue weighted by Gasteiger charge is -2.34. The van der Waals surface area contributed by atoms with Gasteiger partial charge in [-0.25, -0.2) is 4.98 Å². The molecule has 1 aromatic carbocycles. The van der Waals surface area contributed by atoms with Crippen LogP contribution in [0.25, 0.3) is 22.3 Å². The van der Waals surface area contributed by atoms with Crippen molar-refractivity contribution in [3.8, 4) is 11.4 Å². The van der Waals surface area contributed by atoms with Crippen molar-refractivity contribution in [3.05, 3.63) is 61.4 Å². The van der Waals surface area contributed by atoms with Gasteiger partial charge in [-0.2, -0.15) is 0 Å². The molecule has 0 spiro atoms. The van der Waals surface area contributed by atoms with Crippen LogP contribution in [0.4, 0.5) is 0 Å². The third kappa shape index (κ3) is 4.56. The Morgan fingerprint density at radius 2 is 1.93 bits per heavy atom. The third-order valence-electron chi connectivity index (χ3n) is 9.03. The van der Waals surface area contributed by atoms with Crippen molar-refractivity contribution >= 4 is 28.5 Å². The van der Waals surface area contributed by atoms with Gasteiger partial charge in [-0.15, -0.1) is 0 Å². The number of halogens is 1. The minimum Gasteiger partial charge on any atom is -0.460 e. The fourth-order valence-corrected chi connectivity index (χ4v) is 6.90. The molecular formula is C32H38ClN3O4. The fourth-order valence-electron chi connectivity index (χ4n) is 6.74. The maximum Gasteiger partial charge on any atom is 0.309 e. The normalized spacial score (nSPS) is 21.3. The number of nitrogens with zero attached hydrogens (tertiary/aromatic N) is 3. The summed E-state index contributed by atoms with van der Waals surface area (Å²) in [5.74, 6) is 0.396. The topological polar surface area (TPSA) is 73.7 Å². The van der Waals surface area contributed by atoms with E-state index in [1.165, 1.54) is 18.4 Å². The molecule has 0 radical (unpaired) electrons. The highest BCUT2D eigenvalue weighted by molar-refractivity contribution is 6.32. The number of hydrogen-bond acceptors (Lipinski definition) is 6. The average Bonchev–Trinajstić information content (AvgIpc) is 3.21. The minimum atomic E-state index is -0.931. The molecule has 0 unspecified atom stereocenters. The van der Waals surface area contributed by atoms with E-state index in [2.05, 4.69) is 17.9 Å². The second-order valence-corrected chi connectivity index (χ2v) is 12.6. The van der Waals surface area contributed by atoms with Crippen molar-refractivity contribution in [1.29, 1.82) is 0 Å². The molecule has 5 heterocycles. The van der Waals surface area contributed by atoms with Gasteiger partial charge in [0.05, 0.1) is 41.5 Å². The number of carbonyl (C=O) groups is 1. The Bertz CT molecular complexity index is 1570. The van der Waals surface area contributed by atoms with E-state index in [-0.39, 0.29) is 30.7 Å². The van der Waals surface area contributed by atoms with Crippen molar-refractivity contribution in [1.82, 2.24) is 14.5 Å². The average molecular weight is 564 g/mol. The number of benzene rings is 1. The van der Waals surface area contributed by atoms with Gasteiger partial charge in [0.2, 0.25) is 0 Å². The van der Waals surface area contributed by atoms with Crippen LogP contribution >= 0.6 is 11.6 Å². The lowest BCUT2D eigenvalue weighted by molar-refractivity contribution is -0.155. The van der Waals surface area contributed by atoms with Gasteiger partial charge in [0.25, 0.3) is 5.56 Å². The summed E-state index contributed by atoms with van der Waals surface area (Å²) in [5, 5.41) is 1.78. The number of esters is 1. The first-order valence-corrected chi connectivity index (χ1v) is 14.9. The van der Waals surface area contributed by atoms with Gasteiger partial charge in [0.1, 0.15) is 12.2 Å². The first-order valence-electron chi connectivity index (χ1n) is 14.5. The van der Waals surface area contributed by atoms with Gasteiger partial charge in [0.15, 0.2) is 0 Å². The Kier molecular flexibility index (Phi) is 7.04. The van der Waals surface area contributed by atoms with Crippen molar-refractivity contribution in [2.24, 2.45) is 5.92 Å². The lowest BCUT2D eigenvalue weighted by atomic mass is 9.85. The van der Waals surface area contributed by atoms with Crippen molar-refractivity contribution in [3.63, 3.8) is 0 Å². The first-order chi connectivity index (χ1) is 19.1. The van der Waals surface area contributed by atoms with Crippen molar-refractivity contribution < 1.29 is 14.3 Å². The molecule has 0 saturated carbocycles. The second kappa shape index (κ2) is 10.3. The van der Waals surface area contributed by atoms with Gasteiger partial charge in [-0.05, 0) is 93.9 Å². The van der Waals surface area contributed by atoms with E-state index in [1.807, 2.05) is 39.8 Å². The zero-order valence-electron chi connectivity index (χ0n) is 24.1. The number of ether oxygens (including phenoxy) is 2. The van der Waals surface area contributed by atoms with E-state index in [0.29, 0.717) is 23.6 Å². The van der Waals surface area contributed by atoms with Crippen LogP contribution < -0.4 is 5.56 Å². The molecule has 7 nitrogen and oxygen atoms in total. The van der Waals surface area contributed by atoms with Crippen LogP contribution in [-0.2, 0) is 39.6 Å². The molecule has 1 fully saturated rings. The Labute approximate surface area is 240 Å². The summed E-state index contributed by atoms with van der Waals surface area (Å²) in [6, 6.07) is 6.13. The molecule has 212 valence electrons. The van der Waals surface area contributed by atoms with Crippen LogP contribution in [0.1, 0.15) is 81.2 Å². The van der Waals surface area contributed by atoms with Crippen molar-refractivity contribution in [2.45, 2.75) is 91.7 Å². The quantitative estimate of drug-likeness (QED) is 0.273. The van der Waals surface area contributed by atoms with Crippen LogP contribution in [0.5, 0.6) is 0 Å². The molecule has 0 bridgehead atoms. The molecule has 0 aliphatic carbocycles. The largest absolute Gasteiger partial charge is 0.460 e. The maximum absolute atomic E-state index is 14.1. The van der Waals surface area contributed by atoms with Crippen LogP contribution in [0, 0.1) is 12.8 Å². The van der Waals surface area contributed by atoms with Gasteiger partial charge in [-0.1, -0.05) is 25.4 Å². The zero-order valence-corrected chi connectivity index (χ0v) is 24.9.